The molecule has 2 saturated heterocycles. The van der Waals surface area contributed by atoms with E-state index in [1.54, 1.807) is 0 Å². The maximum atomic E-state index is 12.2. The van der Waals surface area contributed by atoms with Gasteiger partial charge in [0.25, 0.3) is 0 Å². The normalized spacial score (nSPS) is 23.6. The number of carbonyl (C=O) groups excluding carboxylic acids is 1. The van der Waals surface area contributed by atoms with Gasteiger partial charge in [0.15, 0.2) is 0 Å². The molecule has 2 aliphatic heterocycles. The van der Waals surface area contributed by atoms with Crippen LogP contribution in [0.3, 0.4) is 0 Å². The van der Waals surface area contributed by atoms with Crippen LogP contribution in [0.5, 0.6) is 0 Å². The standard InChI is InChI=1S/C18H26N2O2/c1-14-3-2-4-15(11-14)12-18(21)19-16-5-8-20(13-16)17-6-9-22-10-7-17/h2-4,11,16-17H,5-10,12-13H2,1H3,(H,19,21). The number of hydrogen-bond donors (Lipinski definition) is 1. The van der Waals surface area contributed by atoms with Crippen molar-refractivity contribution >= 4 is 5.91 Å². The highest BCUT2D eigenvalue weighted by molar-refractivity contribution is 5.79. The fraction of sp³-hybridized carbons (Fsp3) is 0.611. The number of nitrogens with zero attached hydrogens (tertiary/aromatic N) is 1. The molecular formula is C18H26N2O2. The fourth-order valence-corrected chi connectivity index (χ4v) is 3.57. The first kappa shape index (κ1) is 15.5. The minimum atomic E-state index is 0.143. The quantitative estimate of drug-likeness (QED) is 0.924. The molecule has 22 heavy (non-hydrogen) atoms. The van der Waals surface area contributed by atoms with Crippen molar-refractivity contribution < 1.29 is 9.53 Å². The second-order valence-corrected chi connectivity index (χ2v) is 6.56. The Hall–Kier alpha value is -1.39. The average Bonchev–Trinajstić information content (AvgIpc) is 2.96. The van der Waals surface area contributed by atoms with Crippen molar-refractivity contribution in [3.05, 3.63) is 35.4 Å². The van der Waals surface area contributed by atoms with E-state index in [1.165, 1.54) is 5.56 Å². The van der Waals surface area contributed by atoms with Gasteiger partial charge in [-0.3, -0.25) is 9.69 Å². The predicted molar refractivity (Wildman–Crippen MR) is 86.8 cm³/mol. The minimum absolute atomic E-state index is 0.143. The Morgan fingerprint density at radius 1 is 1.32 bits per heavy atom. The highest BCUT2D eigenvalue weighted by atomic mass is 16.5. The van der Waals surface area contributed by atoms with Gasteiger partial charge in [0, 0.05) is 38.4 Å². The maximum absolute atomic E-state index is 12.2. The van der Waals surface area contributed by atoms with Gasteiger partial charge >= 0.3 is 0 Å². The number of ether oxygens (including phenoxy) is 1. The van der Waals surface area contributed by atoms with Gasteiger partial charge in [-0.15, -0.1) is 0 Å². The second kappa shape index (κ2) is 7.25. The van der Waals surface area contributed by atoms with Gasteiger partial charge in [0.2, 0.25) is 5.91 Å². The summed E-state index contributed by atoms with van der Waals surface area (Å²) in [6.45, 7) is 5.91. The Balaban J connectivity index is 1.46. The van der Waals surface area contributed by atoms with E-state index in [4.69, 9.17) is 4.74 Å². The Morgan fingerprint density at radius 3 is 2.91 bits per heavy atom. The molecule has 1 amide bonds. The van der Waals surface area contributed by atoms with Crippen LogP contribution in [-0.4, -0.2) is 49.2 Å². The van der Waals surface area contributed by atoms with Gasteiger partial charge in [-0.25, -0.2) is 0 Å². The van der Waals surface area contributed by atoms with Gasteiger partial charge in [0.1, 0.15) is 0 Å². The molecule has 0 aromatic heterocycles. The van der Waals surface area contributed by atoms with E-state index >= 15 is 0 Å². The van der Waals surface area contributed by atoms with Crippen LogP contribution in [0.4, 0.5) is 0 Å². The second-order valence-electron chi connectivity index (χ2n) is 6.56. The van der Waals surface area contributed by atoms with Crippen LogP contribution in [0, 0.1) is 6.92 Å². The van der Waals surface area contributed by atoms with E-state index in [0.717, 1.165) is 51.1 Å². The van der Waals surface area contributed by atoms with Crippen LogP contribution in [0.25, 0.3) is 0 Å². The van der Waals surface area contributed by atoms with Crippen molar-refractivity contribution in [2.24, 2.45) is 0 Å². The zero-order valence-electron chi connectivity index (χ0n) is 13.4. The van der Waals surface area contributed by atoms with Gasteiger partial charge in [-0.05, 0) is 31.7 Å². The maximum Gasteiger partial charge on any atom is 0.224 e. The summed E-state index contributed by atoms with van der Waals surface area (Å²) in [5.74, 6) is 0.143. The number of aryl methyl sites for hydroxylation is 1. The van der Waals surface area contributed by atoms with E-state index in [1.807, 2.05) is 12.1 Å². The molecule has 2 fully saturated rings. The lowest BCUT2D eigenvalue weighted by Crippen LogP contribution is -2.42. The third kappa shape index (κ3) is 4.08. The Labute approximate surface area is 132 Å². The highest BCUT2D eigenvalue weighted by Crippen LogP contribution is 2.20. The lowest BCUT2D eigenvalue weighted by molar-refractivity contribution is -0.121. The highest BCUT2D eigenvalue weighted by Gasteiger charge is 2.29. The van der Waals surface area contributed by atoms with Gasteiger partial charge in [-0.2, -0.15) is 0 Å². The molecule has 120 valence electrons. The van der Waals surface area contributed by atoms with Crippen molar-refractivity contribution in [3.8, 4) is 0 Å². The molecule has 1 aromatic carbocycles. The number of nitrogens with one attached hydrogen (secondary N) is 1. The van der Waals surface area contributed by atoms with Gasteiger partial charge < -0.3 is 10.1 Å². The molecule has 3 rings (SSSR count). The first-order valence-electron chi connectivity index (χ1n) is 8.37. The molecule has 2 aliphatic rings. The Morgan fingerprint density at radius 2 is 2.14 bits per heavy atom. The molecule has 0 aliphatic carbocycles. The summed E-state index contributed by atoms with van der Waals surface area (Å²) in [5, 5.41) is 3.20. The molecular weight excluding hydrogens is 276 g/mol. The third-order valence-corrected chi connectivity index (χ3v) is 4.74. The van der Waals surface area contributed by atoms with E-state index in [9.17, 15) is 4.79 Å². The lowest BCUT2D eigenvalue weighted by atomic mass is 10.1. The smallest absolute Gasteiger partial charge is 0.224 e. The summed E-state index contributed by atoms with van der Waals surface area (Å²) >= 11 is 0. The van der Waals surface area contributed by atoms with Crippen LogP contribution in [0.15, 0.2) is 24.3 Å². The number of amides is 1. The van der Waals surface area contributed by atoms with Crippen molar-refractivity contribution in [2.75, 3.05) is 26.3 Å². The molecule has 2 heterocycles. The molecule has 4 nitrogen and oxygen atoms in total. The largest absolute Gasteiger partial charge is 0.381 e. The van der Waals surface area contributed by atoms with Crippen LogP contribution >= 0.6 is 0 Å². The van der Waals surface area contributed by atoms with E-state index in [-0.39, 0.29) is 5.91 Å². The summed E-state index contributed by atoms with van der Waals surface area (Å²) in [7, 11) is 0. The van der Waals surface area contributed by atoms with Crippen molar-refractivity contribution in [3.63, 3.8) is 0 Å². The van der Waals surface area contributed by atoms with Crippen molar-refractivity contribution in [1.29, 1.82) is 0 Å². The SMILES string of the molecule is Cc1cccc(CC(=O)NC2CCN(C3CCOCC3)C2)c1. The first-order chi connectivity index (χ1) is 10.7. The number of rotatable bonds is 4. The summed E-state index contributed by atoms with van der Waals surface area (Å²) < 4.78 is 5.43. The first-order valence-corrected chi connectivity index (χ1v) is 8.37. The van der Waals surface area contributed by atoms with Crippen molar-refractivity contribution in [1.82, 2.24) is 10.2 Å². The Kier molecular flexibility index (Phi) is 5.11. The summed E-state index contributed by atoms with van der Waals surface area (Å²) in [6.07, 6.45) is 3.81. The molecule has 0 saturated carbocycles. The predicted octanol–water partition coefficient (Wildman–Crippen LogP) is 1.91. The van der Waals surface area contributed by atoms with Crippen molar-refractivity contribution in [2.45, 2.75) is 44.7 Å². The average molecular weight is 302 g/mol. The summed E-state index contributed by atoms with van der Waals surface area (Å²) in [4.78, 5) is 14.7. The van der Waals surface area contributed by atoms with Crippen LogP contribution < -0.4 is 5.32 Å². The topological polar surface area (TPSA) is 41.6 Å². The number of likely N-dealkylation sites (tertiary alicyclic amines) is 1. The molecule has 0 radical (unpaired) electrons. The van der Waals surface area contributed by atoms with E-state index in [0.29, 0.717) is 18.5 Å². The number of benzene rings is 1. The number of carbonyl (C=O) groups is 1. The molecule has 1 N–H and O–H groups in total. The zero-order chi connectivity index (χ0) is 15.4. The van der Waals surface area contributed by atoms with E-state index < -0.39 is 0 Å². The molecule has 4 heteroatoms. The summed E-state index contributed by atoms with van der Waals surface area (Å²) in [6, 6.07) is 9.13. The van der Waals surface area contributed by atoms with E-state index in [2.05, 4.69) is 29.3 Å². The van der Waals surface area contributed by atoms with Gasteiger partial charge in [-0.1, -0.05) is 29.8 Å². The molecule has 1 aromatic rings. The van der Waals surface area contributed by atoms with Crippen LogP contribution in [0.2, 0.25) is 0 Å². The van der Waals surface area contributed by atoms with Crippen LogP contribution in [0.1, 0.15) is 30.4 Å². The van der Waals surface area contributed by atoms with Crippen LogP contribution in [-0.2, 0) is 16.0 Å². The molecule has 0 spiro atoms. The fourth-order valence-electron chi connectivity index (χ4n) is 3.57. The summed E-state index contributed by atoms with van der Waals surface area (Å²) in [5.41, 5.74) is 2.30. The molecule has 0 bridgehead atoms. The molecule has 1 atom stereocenters. The minimum Gasteiger partial charge on any atom is -0.381 e. The number of hydrogen-bond acceptors (Lipinski definition) is 3. The zero-order valence-corrected chi connectivity index (χ0v) is 13.4. The Bertz CT molecular complexity index is 512. The van der Waals surface area contributed by atoms with Gasteiger partial charge in [0.05, 0.1) is 6.42 Å². The lowest BCUT2D eigenvalue weighted by Gasteiger charge is -2.31. The third-order valence-electron chi connectivity index (χ3n) is 4.74. The monoisotopic (exact) mass is 302 g/mol. The molecule has 1 unspecified atom stereocenters.